The van der Waals surface area contributed by atoms with Crippen LogP contribution in [0.1, 0.15) is 66.4 Å². The number of rotatable bonds is 13. The molecule has 2 radical (unpaired) electrons. The van der Waals surface area contributed by atoms with Crippen LogP contribution in [0.4, 0.5) is 4.79 Å². The zero-order valence-corrected chi connectivity index (χ0v) is 25.1. The molecule has 2 amide bonds. The van der Waals surface area contributed by atoms with Gasteiger partial charge in [0.2, 0.25) is 5.91 Å². The van der Waals surface area contributed by atoms with E-state index in [1.807, 2.05) is 75.4 Å². The Balaban J connectivity index is 2.22. The number of ether oxygens (including phenoxy) is 2. The molecule has 0 heterocycles. The van der Waals surface area contributed by atoms with Gasteiger partial charge in [0, 0.05) is 11.8 Å². The monoisotopic (exact) mass is 565 g/mol. The van der Waals surface area contributed by atoms with Crippen molar-refractivity contribution in [1.29, 1.82) is 0 Å². The van der Waals surface area contributed by atoms with E-state index in [0.717, 1.165) is 5.56 Å². The molecule has 0 aromatic heterocycles. The van der Waals surface area contributed by atoms with Crippen LogP contribution in [0.5, 0.6) is 0 Å². The second-order valence-corrected chi connectivity index (χ2v) is 11.9. The van der Waals surface area contributed by atoms with E-state index in [-0.39, 0.29) is 37.6 Å². The standard InChI is InChI=1S/C31H44BN3O6/c1-21(2)26(35-29(39)40-20-22-13-9-7-10-14-22)27(32)33-23(15-16-25(37)41-30(3,4)5)28(38)34-24(19-36)31(6)17-11-8-12-18-31/h7-14,17,21,23-24,26,36H,15-16,18-20H2,1-6H3,(H,34,38)(H,35,39). The molecule has 41 heavy (non-hydrogen) atoms. The summed E-state index contributed by atoms with van der Waals surface area (Å²) in [6, 6.07) is 6.87. The molecule has 4 unspecified atom stereocenters. The molecule has 222 valence electrons. The zero-order valence-electron chi connectivity index (χ0n) is 25.1. The van der Waals surface area contributed by atoms with Crippen LogP contribution in [0.3, 0.4) is 0 Å². The Morgan fingerprint density at radius 1 is 1.12 bits per heavy atom. The number of carbonyl (C=O) groups excluding carboxylic acids is 3. The Morgan fingerprint density at radius 3 is 2.37 bits per heavy atom. The number of aliphatic hydroxyl groups is 1. The molecular weight excluding hydrogens is 521 g/mol. The van der Waals surface area contributed by atoms with E-state index in [2.05, 4.69) is 15.6 Å². The fourth-order valence-electron chi connectivity index (χ4n) is 4.32. The number of benzene rings is 1. The fourth-order valence-corrected chi connectivity index (χ4v) is 4.32. The minimum absolute atomic E-state index is 0.0215. The summed E-state index contributed by atoms with van der Waals surface area (Å²) in [7, 11) is 6.37. The van der Waals surface area contributed by atoms with E-state index in [4.69, 9.17) is 17.3 Å². The topological polar surface area (TPSA) is 126 Å². The van der Waals surface area contributed by atoms with Crippen molar-refractivity contribution in [1.82, 2.24) is 10.6 Å². The summed E-state index contributed by atoms with van der Waals surface area (Å²) < 4.78 is 10.7. The number of allylic oxidation sites excluding steroid dienone is 3. The molecule has 10 heteroatoms. The number of aliphatic hydroxyl groups excluding tert-OH is 1. The average Bonchev–Trinajstić information content (AvgIpc) is 2.90. The van der Waals surface area contributed by atoms with Crippen LogP contribution in [-0.2, 0) is 25.7 Å². The lowest BCUT2D eigenvalue weighted by Gasteiger charge is -2.36. The van der Waals surface area contributed by atoms with Crippen molar-refractivity contribution in [3.8, 4) is 0 Å². The molecule has 1 aromatic rings. The summed E-state index contributed by atoms with van der Waals surface area (Å²) in [4.78, 5) is 43.0. The number of alkyl carbamates (subject to hydrolysis) is 1. The van der Waals surface area contributed by atoms with Gasteiger partial charge < -0.3 is 25.2 Å². The van der Waals surface area contributed by atoms with E-state index in [9.17, 15) is 19.5 Å². The molecule has 0 spiro atoms. The third kappa shape index (κ3) is 11.6. The highest BCUT2D eigenvalue weighted by molar-refractivity contribution is 6.61. The average molecular weight is 566 g/mol. The summed E-state index contributed by atoms with van der Waals surface area (Å²) >= 11 is 0. The van der Waals surface area contributed by atoms with Crippen LogP contribution < -0.4 is 10.6 Å². The summed E-state index contributed by atoms with van der Waals surface area (Å²) in [5.41, 5.74) is -0.330. The van der Waals surface area contributed by atoms with Crippen molar-refractivity contribution in [3.63, 3.8) is 0 Å². The number of hydrogen-bond donors (Lipinski definition) is 3. The zero-order chi connectivity index (χ0) is 30.6. The number of amides is 2. The number of esters is 1. The quantitative estimate of drug-likeness (QED) is 0.189. The van der Waals surface area contributed by atoms with Gasteiger partial charge in [-0.2, -0.15) is 0 Å². The van der Waals surface area contributed by atoms with Crippen LogP contribution in [0.15, 0.2) is 59.6 Å². The van der Waals surface area contributed by atoms with Crippen molar-refractivity contribution in [2.45, 2.75) is 91.1 Å². The first kappa shape index (κ1) is 33.8. The fraction of sp³-hybridized carbons (Fsp3) is 0.548. The van der Waals surface area contributed by atoms with Crippen LogP contribution >= 0.6 is 0 Å². The van der Waals surface area contributed by atoms with Crippen molar-refractivity contribution in [3.05, 3.63) is 60.2 Å². The van der Waals surface area contributed by atoms with E-state index in [1.165, 1.54) is 0 Å². The van der Waals surface area contributed by atoms with Gasteiger partial charge >= 0.3 is 12.1 Å². The highest BCUT2D eigenvalue weighted by Crippen LogP contribution is 2.31. The number of nitrogens with one attached hydrogen (secondary N) is 2. The molecule has 0 saturated heterocycles. The van der Waals surface area contributed by atoms with Crippen molar-refractivity contribution < 1.29 is 29.0 Å². The van der Waals surface area contributed by atoms with Gasteiger partial charge in [-0.1, -0.05) is 75.4 Å². The summed E-state index contributed by atoms with van der Waals surface area (Å²) in [6.45, 7) is 10.7. The first-order valence-electron chi connectivity index (χ1n) is 14.0. The Labute approximate surface area is 245 Å². The van der Waals surface area contributed by atoms with Crippen LogP contribution in [0.2, 0.25) is 0 Å². The Hall–Kier alpha value is -3.40. The molecule has 1 aliphatic carbocycles. The Kier molecular flexibility index (Phi) is 12.8. The minimum Gasteiger partial charge on any atom is -0.460 e. The van der Waals surface area contributed by atoms with Crippen LogP contribution in [-0.4, -0.2) is 66.9 Å². The van der Waals surface area contributed by atoms with Gasteiger partial charge in [-0.25, -0.2) is 4.79 Å². The molecule has 9 nitrogen and oxygen atoms in total. The molecule has 1 aromatic carbocycles. The first-order chi connectivity index (χ1) is 19.2. The van der Waals surface area contributed by atoms with Crippen molar-refractivity contribution in [2.75, 3.05) is 6.61 Å². The predicted molar refractivity (Wildman–Crippen MR) is 160 cm³/mol. The van der Waals surface area contributed by atoms with Crippen LogP contribution in [0.25, 0.3) is 0 Å². The third-order valence-corrected chi connectivity index (χ3v) is 6.70. The maximum Gasteiger partial charge on any atom is 0.407 e. The third-order valence-electron chi connectivity index (χ3n) is 6.70. The maximum absolute atomic E-state index is 13.5. The Morgan fingerprint density at radius 2 is 1.80 bits per heavy atom. The lowest BCUT2D eigenvalue weighted by Crippen LogP contribution is -2.51. The number of carbonyl (C=O) groups is 3. The SMILES string of the molecule is [B]C(=NC(CCC(=O)OC(C)(C)C)C(=O)NC(CO)C1(C)C=CC=CC1)C(NC(=O)OCc1ccccc1)C(C)C. The maximum atomic E-state index is 13.5. The Bertz CT molecular complexity index is 1110. The predicted octanol–water partition coefficient (Wildman–Crippen LogP) is 3.99. The highest BCUT2D eigenvalue weighted by atomic mass is 16.6. The lowest BCUT2D eigenvalue weighted by molar-refractivity contribution is -0.155. The molecule has 0 bridgehead atoms. The van der Waals surface area contributed by atoms with Gasteiger partial charge in [-0.15, -0.1) is 0 Å². The van der Waals surface area contributed by atoms with Gasteiger partial charge in [0.05, 0.1) is 18.7 Å². The number of aliphatic imine (C=N–C) groups is 1. The van der Waals surface area contributed by atoms with E-state index in [0.29, 0.717) is 6.42 Å². The molecule has 3 N–H and O–H groups in total. The summed E-state index contributed by atoms with van der Waals surface area (Å²) in [5.74, 6) is -1.15. The van der Waals surface area contributed by atoms with Gasteiger partial charge in [-0.05, 0) is 50.7 Å². The van der Waals surface area contributed by atoms with Gasteiger partial charge in [0.25, 0.3) is 0 Å². The van der Waals surface area contributed by atoms with Gasteiger partial charge in [0.15, 0.2) is 0 Å². The molecular formula is C31H44BN3O6. The molecule has 2 rings (SSSR count). The van der Waals surface area contributed by atoms with Crippen molar-refractivity contribution in [2.24, 2.45) is 16.3 Å². The van der Waals surface area contributed by atoms with E-state index < -0.39 is 47.1 Å². The highest BCUT2D eigenvalue weighted by Gasteiger charge is 2.34. The number of hydrogen-bond acceptors (Lipinski definition) is 7. The smallest absolute Gasteiger partial charge is 0.407 e. The normalized spacial score (nSPS) is 19.3. The van der Waals surface area contributed by atoms with Gasteiger partial charge in [-0.3, -0.25) is 14.6 Å². The minimum atomic E-state index is -1.06. The molecule has 1 aliphatic rings. The van der Waals surface area contributed by atoms with Crippen LogP contribution in [0, 0.1) is 11.3 Å². The molecule has 4 atom stereocenters. The largest absolute Gasteiger partial charge is 0.460 e. The summed E-state index contributed by atoms with van der Waals surface area (Å²) in [6.07, 6.45) is 7.62. The second-order valence-electron chi connectivity index (χ2n) is 11.9. The first-order valence-corrected chi connectivity index (χ1v) is 14.0. The number of nitrogens with zero attached hydrogens (tertiary/aromatic N) is 1. The summed E-state index contributed by atoms with van der Waals surface area (Å²) in [5, 5.41) is 15.8. The second kappa shape index (κ2) is 15.6. The van der Waals surface area contributed by atoms with E-state index in [1.54, 1.807) is 20.8 Å². The molecule has 0 aliphatic heterocycles. The molecule has 0 fully saturated rings. The molecule has 0 saturated carbocycles. The van der Waals surface area contributed by atoms with Crippen molar-refractivity contribution >= 4 is 31.4 Å². The van der Waals surface area contributed by atoms with E-state index >= 15 is 0 Å². The van der Waals surface area contributed by atoms with Gasteiger partial charge in [0.1, 0.15) is 26.1 Å². The lowest BCUT2D eigenvalue weighted by atomic mass is 9.77.